The van der Waals surface area contributed by atoms with Crippen LogP contribution in [0.1, 0.15) is 30.7 Å². The molecule has 1 amide bonds. The van der Waals surface area contributed by atoms with Gasteiger partial charge in [-0.1, -0.05) is 6.42 Å². The number of benzene rings is 1. The third-order valence-corrected chi connectivity index (χ3v) is 5.25. The number of amides is 1. The maximum atomic E-state index is 13.3. The van der Waals surface area contributed by atoms with Gasteiger partial charge in [-0.25, -0.2) is 13.2 Å². The highest BCUT2D eigenvalue weighted by Gasteiger charge is 2.44. The first-order chi connectivity index (χ1) is 12.8. The Morgan fingerprint density at radius 2 is 1.93 bits per heavy atom. The highest BCUT2D eigenvalue weighted by molar-refractivity contribution is 5.93. The number of aryl methyl sites for hydroxylation is 1. The highest BCUT2D eigenvalue weighted by atomic mass is 19.3. The topological polar surface area (TPSA) is 50.2 Å². The molecule has 5 nitrogen and oxygen atoms in total. The summed E-state index contributed by atoms with van der Waals surface area (Å²) in [4.78, 5) is 13.8. The lowest BCUT2D eigenvalue weighted by Crippen LogP contribution is -2.57. The summed E-state index contributed by atoms with van der Waals surface area (Å²) >= 11 is 0. The fourth-order valence-corrected chi connectivity index (χ4v) is 3.69. The molecule has 0 spiro atoms. The van der Waals surface area contributed by atoms with Crippen molar-refractivity contribution in [3.05, 3.63) is 35.6 Å². The van der Waals surface area contributed by atoms with Crippen molar-refractivity contribution < 1.29 is 18.0 Å². The number of alkyl halides is 2. The van der Waals surface area contributed by atoms with Crippen molar-refractivity contribution >= 4 is 11.7 Å². The molecule has 0 radical (unpaired) electrons. The Morgan fingerprint density at radius 3 is 2.48 bits per heavy atom. The monoisotopic (exact) mass is 378 g/mol. The molecule has 27 heavy (non-hydrogen) atoms. The second-order valence-corrected chi connectivity index (χ2v) is 7.42. The number of carbonyl (C=O) groups is 1. The number of hydrogen-bond acceptors (Lipinski definition) is 3. The van der Waals surface area contributed by atoms with Crippen LogP contribution in [0.4, 0.5) is 19.0 Å². The lowest BCUT2D eigenvalue weighted by atomic mass is 9.79. The SMILES string of the molecule is Cn1nc(-c2ccc(F)cc2)c(C2CCC2)c1NC(=O)CN1CC(F)(F)C1. The molecule has 0 atom stereocenters. The van der Waals surface area contributed by atoms with Crippen LogP contribution in [0.5, 0.6) is 0 Å². The number of nitrogens with zero attached hydrogens (tertiary/aromatic N) is 3. The Hall–Kier alpha value is -2.35. The number of anilines is 1. The molecule has 8 heteroatoms. The number of carbonyl (C=O) groups excluding carboxylic acids is 1. The predicted octanol–water partition coefficient (Wildman–Crippen LogP) is 3.38. The van der Waals surface area contributed by atoms with Gasteiger partial charge >= 0.3 is 0 Å². The molecule has 2 aromatic rings. The van der Waals surface area contributed by atoms with E-state index in [1.807, 2.05) is 0 Å². The largest absolute Gasteiger partial charge is 0.310 e. The molecule has 4 rings (SSSR count). The van der Waals surface area contributed by atoms with E-state index in [0.717, 1.165) is 36.1 Å². The molecule has 2 aliphatic rings. The first-order valence-electron chi connectivity index (χ1n) is 9.05. The van der Waals surface area contributed by atoms with Crippen molar-refractivity contribution in [3.8, 4) is 11.3 Å². The molecule has 0 bridgehead atoms. The maximum Gasteiger partial charge on any atom is 0.272 e. The van der Waals surface area contributed by atoms with E-state index >= 15 is 0 Å². The van der Waals surface area contributed by atoms with Crippen LogP contribution >= 0.6 is 0 Å². The van der Waals surface area contributed by atoms with Crippen LogP contribution < -0.4 is 5.32 Å². The molecule has 0 unspecified atom stereocenters. The van der Waals surface area contributed by atoms with Gasteiger partial charge in [0.15, 0.2) is 0 Å². The van der Waals surface area contributed by atoms with E-state index in [2.05, 4.69) is 10.4 Å². The summed E-state index contributed by atoms with van der Waals surface area (Å²) in [6, 6.07) is 6.12. The fourth-order valence-electron chi connectivity index (χ4n) is 3.69. The Morgan fingerprint density at radius 1 is 1.26 bits per heavy atom. The molecular formula is C19H21F3N4O. The number of halogens is 3. The number of likely N-dealkylation sites (tertiary alicyclic amines) is 1. The van der Waals surface area contributed by atoms with Gasteiger partial charge in [0.2, 0.25) is 5.91 Å². The Kier molecular flexibility index (Phi) is 4.46. The molecule has 1 aliphatic carbocycles. The standard InChI is InChI=1S/C19H21F3N4O/c1-25-18(23-15(27)9-26-10-19(21,22)11-26)16(12-3-2-4-12)17(24-25)13-5-7-14(20)8-6-13/h5-8,12H,2-4,9-11H2,1H3,(H,23,27). The molecule has 1 saturated carbocycles. The van der Waals surface area contributed by atoms with Crippen LogP contribution in [-0.2, 0) is 11.8 Å². The number of aromatic nitrogens is 2. The van der Waals surface area contributed by atoms with Gasteiger partial charge in [-0.3, -0.25) is 14.4 Å². The zero-order chi connectivity index (χ0) is 19.2. The van der Waals surface area contributed by atoms with E-state index < -0.39 is 5.92 Å². The van der Waals surface area contributed by atoms with Crippen LogP contribution in [-0.4, -0.2) is 46.1 Å². The van der Waals surface area contributed by atoms with Gasteiger partial charge in [0, 0.05) is 18.2 Å². The molecule has 1 aromatic carbocycles. The predicted molar refractivity (Wildman–Crippen MR) is 95.2 cm³/mol. The second-order valence-electron chi connectivity index (χ2n) is 7.42. The molecule has 144 valence electrons. The third-order valence-electron chi connectivity index (χ3n) is 5.25. The Balaban J connectivity index is 1.58. The normalized spacial score (nSPS) is 19.4. The van der Waals surface area contributed by atoms with Gasteiger partial charge in [0.1, 0.15) is 11.6 Å². The fraction of sp³-hybridized carbons (Fsp3) is 0.474. The van der Waals surface area contributed by atoms with Crippen molar-refractivity contribution in [2.45, 2.75) is 31.1 Å². The molecule has 1 aliphatic heterocycles. The summed E-state index contributed by atoms with van der Waals surface area (Å²) in [5.74, 6) is -2.47. The van der Waals surface area contributed by atoms with Gasteiger partial charge in [0.25, 0.3) is 5.92 Å². The summed E-state index contributed by atoms with van der Waals surface area (Å²) in [5.41, 5.74) is 2.46. The average molecular weight is 378 g/mol. The number of nitrogens with one attached hydrogen (secondary N) is 1. The summed E-state index contributed by atoms with van der Waals surface area (Å²) in [5, 5.41) is 7.41. The van der Waals surface area contributed by atoms with Gasteiger partial charge in [-0.2, -0.15) is 5.10 Å². The summed E-state index contributed by atoms with van der Waals surface area (Å²) in [7, 11) is 1.74. The molecule has 2 fully saturated rings. The Bertz CT molecular complexity index is 851. The van der Waals surface area contributed by atoms with Crippen LogP contribution in [0.2, 0.25) is 0 Å². The van der Waals surface area contributed by atoms with E-state index in [4.69, 9.17) is 0 Å². The summed E-state index contributed by atoms with van der Waals surface area (Å²) < 4.78 is 40.8. The molecule has 1 aromatic heterocycles. The van der Waals surface area contributed by atoms with Crippen LogP contribution in [0.3, 0.4) is 0 Å². The van der Waals surface area contributed by atoms with Crippen molar-refractivity contribution in [2.24, 2.45) is 7.05 Å². The quantitative estimate of drug-likeness (QED) is 0.868. The van der Waals surface area contributed by atoms with Crippen molar-refractivity contribution in [1.29, 1.82) is 0 Å². The molecular weight excluding hydrogens is 357 g/mol. The lowest BCUT2D eigenvalue weighted by molar-refractivity contribution is -0.141. The lowest BCUT2D eigenvalue weighted by Gasteiger charge is -2.38. The molecule has 2 heterocycles. The smallest absolute Gasteiger partial charge is 0.272 e. The minimum absolute atomic E-state index is 0.0727. The van der Waals surface area contributed by atoms with Crippen LogP contribution in [0, 0.1) is 5.82 Å². The van der Waals surface area contributed by atoms with Gasteiger partial charge < -0.3 is 5.32 Å². The Labute approximate surface area is 155 Å². The van der Waals surface area contributed by atoms with E-state index in [1.165, 1.54) is 17.0 Å². The second kappa shape index (κ2) is 6.67. The molecule has 1 N–H and O–H groups in total. The van der Waals surface area contributed by atoms with Gasteiger partial charge in [0.05, 0.1) is 25.3 Å². The zero-order valence-corrected chi connectivity index (χ0v) is 15.0. The van der Waals surface area contributed by atoms with Crippen molar-refractivity contribution in [3.63, 3.8) is 0 Å². The number of rotatable bonds is 5. The average Bonchev–Trinajstić information content (AvgIpc) is 2.82. The van der Waals surface area contributed by atoms with E-state index in [-0.39, 0.29) is 37.3 Å². The first-order valence-corrected chi connectivity index (χ1v) is 9.05. The minimum Gasteiger partial charge on any atom is -0.310 e. The minimum atomic E-state index is -2.69. The summed E-state index contributed by atoms with van der Waals surface area (Å²) in [6.07, 6.45) is 3.11. The van der Waals surface area contributed by atoms with E-state index in [1.54, 1.807) is 23.9 Å². The third kappa shape index (κ3) is 3.58. The van der Waals surface area contributed by atoms with E-state index in [9.17, 15) is 18.0 Å². The first kappa shape index (κ1) is 18.0. The number of hydrogen-bond donors (Lipinski definition) is 1. The van der Waals surface area contributed by atoms with E-state index in [0.29, 0.717) is 5.82 Å². The van der Waals surface area contributed by atoms with Gasteiger partial charge in [-0.05, 0) is 43.0 Å². The summed E-state index contributed by atoms with van der Waals surface area (Å²) in [6.45, 7) is -0.846. The zero-order valence-electron chi connectivity index (χ0n) is 15.0. The maximum absolute atomic E-state index is 13.3. The van der Waals surface area contributed by atoms with Gasteiger partial charge in [-0.15, -0.1) is 0 Å². The van der Waals surface area contributed by atoms with Crippen LogP contribution in [0.15, 0.2) is 24.3 Å². The molecule has 1 saturated heterocycles. The van der Waals surface area contributed by atoms with Crippen LogP contribution in [0.25, 0.3) is 11.3 Å². The van der Waals surface area contributed by atoms with Crippen molar-refractivity contribution in [2.75, 3.05) is 25.0 Å². The van der Waals surface area contributed by atoms with Crippen molar-refractivity contribution in [1.82, 2.24) is 14.7 Å². The highest BCUT2D eigenvalue weighted by Crippen LogP contribution is 2.44.